The fourth-order valence-corrected chi connectivity index (χ4v) is 5.60. The quantitative estimate of drug-likeness (QED) is 0.342. The Kier molecular flexibility index (Phi) is 6.64. The Balaban J connectivity index is 1.22. The predicted octanol–water partition coefficient (Wildman–Crippen LogP) is 4.35. The Bertz CT molecular complexity index is 1460. The number of nitrogens with zero attached hydrogens (tertiary/aromatic N) is 6. The van der Waals surface area contributed by atoms with E-state index in [9.17, 15) is 8.42 Å². The van der Waals surface area contributed by atoms with Crippen molar-refractivity contribution in [1.82, 2.24) is 25.1 Å². The van der Waals surface area contributed by atoms with Crippen molar-refractivity contribution in [2.24, 2.45) is 5.92 Å². The van der Waals surface area contributed by atoms with Crippen molar-refractivity contribution in [3.8, 4) is 16.5 Å². The summed E-state index contributed by atoms with van der Waals surface area (Å²) in [5.41, 5.74) is 2.20. The Morgan fingerprint density at radius 1 is 1.08 bits per heavy atom. The third-order valence-corrected chi connectivity index (χ3v) is 8.21. The van der Waals surface area contributed by atoms with E-state index in [-0.39, 0.29) is 17.0 Å². The molecule has 12 heteroatoms. The van der Waals surface area contributed by atoms with Crippen LogP contribution >= 0.6 is 11.3 Å². The van der Waals surface area contributed by atoms with Crippen LogP contribution < -0.4 is 9.64 Å². The maximum atomic E-state index is 11.7. The first kappa shape index (κ1) is 24.6. The van der Waals surface area contributed by atoms with Gasteiger partial charge in [-0.25, -0.2) is 23.4 Å². The van der Waals surface area contributed by atoms with Crippen molar-refractivity contribution in [3.05, 3.63) is 36.3 Å². The SMILES string of the molecule is CC(C)c1noc(N2CCC(C(C)Oc3nc4ccc(-c5ccc(S(C)(=O)=O)nc5)nc4s3)CC2)n1. The van der Waals surface area contributed by atoms with E-state index < -0.39 is 9.84 Å². The van der Waals surface area contributed by atoms with Gasteiger partial charge in [-0.1, -0.05) is 30.3 Å². The average molecular weight is 529 g/mol. The largest absolute Gasteiger partial charge is 0.467 e. The van der Waals surface area contributed by atoms with Gasteiger partial charge in [0, 0.05) is 37.0 Å². The number of pyridine rings is 2. The lowest BCUT2D eigenvalue weighted by Gasteiger charge is -2.33. The molecule has 1 atom stereocenters. The molecule has 4 aromatic rings. The lowest BCUT2D eigenvalue weighted by molar-refractivity contribution is 0.131. The predicted molar refractivity (Wildman–Crippen MR) is 137 cm³/mol. The minimum Gasteiger partial charge on any atom is -0.467 e. The van der Waals surface area contributed by atoms with Gasteiger partial charge in [-0.15, -0.1) is 0 Å². The first-order valence-corrected chi connectivity index (χ1v) is 14.6. The minimum atomic E-state index is -3.34. The standard InChI is InChI=1S/C24H28N6O4S2/c1-14(2)21-28-23(34-29-21)30-11-9-16(10-12-30)15(3)33-24-27-19-7-6-18(26-22(19)35-24)17-5-8-20(25-13-17)36(4,31)32/h5-8,13-16H,9-12H2,1-4H3. The molecule has 5 rings (SSSR count). The van der Waals surface area contributed by atoms with Gasteiger partial charge in [0.05, 0.1) is 5.69 Å². The molecule has 0 saturated carbocycles. The summed E-state index contributed by atoms with van der Waals surface area (Å²) >= 11 is 1.40. The molecule has 36 heavy (non-hydrogen) atoms. The molecular weight excluding hydrogens is 500 g/mol. The number of aromatic nitrogens is 5. The summed E-state index contributed by atoms with van der Waals surface area (Å²) in [4.78, 5) is 20.8. The highest BCUT2D eigenvalue weighted by Crippen LogP contribution is 2.32. The Morgan fingerprint density at radius 2 is 1.86 bits per heavy atom. The van der Waals surface area contributed by atoms with Crippen LogP contribution in [-0.2, 0) is 9.84 Å². The molecule has 0 bridgehead atoms. The zero-order chi connectivity index (χ0) is 25.4. The number of piperidine rings is 1. The molecule has 0 aromatic carbocycles. The van der Waals surface area contributed by atoms with Gasteiger partial charge in [-0.2, -0.15) is 4.98 Å². The molecule has 4 aromatic heterocycles. The van der Waals surface area contributed by atoms with E-state index in [1.54, 1.807) is 6.07 Å². The summed E-state index contributed by atoms with van der Waals surface area (Å²) in [5.74, 6) is 1.37. The van der Waals surface area contributed by atoms with Crippen LogP contribution in [0.25, 0.3) is 21.6 Å². The number of sulfone groups is 1. The van der Waals surface area contributed by atoms with E-state index in [1.165, 1.54) is 23.6 Å². The normalized spacial score (nSPS) is 16.1. The second-order valence-electron chi connectivity index (χ2n) is 9.40. The van der Waals surface area contributed by atoms with Gasteiger partial charge in [0.15, 0.2) is 20.7 Å². The summed E-state index contributed by atoms with van der Waals surface area (Å²) in [6.07, 6.45) is 4.59. The second kappa shape index (κ2) is 9.74. The number of hydrogen-bond donors (Lipinski definition) is 0. The molecule has 5 heterocycles. The van der Waals surface area contributed by atoms with E-state index >= 15 is 0 Å². The van der Waals surface area contributed by atoms with E-state index in [1.807, 2.05) is 26.0 Å². The third-order valence-electron chi connectivity index (χ3n) is 6.36. The summed E-state index contributed by atoms with van der Waals surface area (Å²) in [6, 6.07) is 7.55. The first-order chi connectivity index (χ1) is 17.2. The van der Waals surface area contributed by atoms with Crippen LogP contribution in [0.15, 0.2) is 40.0 Å². The van der Waals surface area contributed by atoms with Crippen molar-refractivity contribution < 1.29 is 17.7 Å². The fourth-order valence-electron chi connectivity index (χ4n) is 4.16. The Labute approximate surface area is 213 Å². The van der Waals surface area contributed by atoms with E-state index in [0.717, 1.165) is 53.9 Å². The highest BCUT2D eigenvalue weighted by atomic mass is 32.2. The molecule has 10 nitrogen and oxygen atoms in total. The lowest BCUT2D eigenvalue weighted by Crippen LogP contribution is -2.38. The molecule has 1 aliphatic rings. The van der Waals surface area contributed by atoms with Gasteiger partial charge in [0.2, 0.25) is 0 Å². The van der Waals surface area contributed by atoms with Crippen molar-refractivity contribution >= 4 is 37.5 Å². The van der Waals surface area contributed by atoms with Gasteiger partial charge in [-0.05, 0) is 49.9 Å². The fraction of sp³-hybridized carbons (Fsp3) is 0.458. The number of rotatable bonds is 7. The molecule has 1 aliphatic heterocycles. The summed E-state index contributed by atoms with van der Waals surface area (Å²) in [7, 11) is -3.34. The smallest absolute Gasteiger partial charge is 0.324 e. The van der Waals surface area contributed by atoms with Crippen LogP contribution in [0.1, 0.15) is 45.4 Å². The highest BCUT2D eigenvalue weighted by molar-refractivity contribution is 7.90. The molecule has 190 valence electrons. The molecular formula is C24H28N6O4S2. The zero-order valence-corrected chi connectivity index (χ0v) is 22.2. The van der Waals surface area contributed by atoms with E-state index in [0.29, 0.717) is 22.8 Å². The molecule has 0 aliphatic carbocycles. The molecule has 0 radical (unpaired) electrons. The van der Waals surface area contributed by atoms with Crippen molar-refractivity contribution in [1.29, 1.82) is 0 Å². The summed E-state index contributed by atoms with van der Waals surface area (Å²) < 4.78 is 35.0. The second-order valence-corrected chi connectivity index (χ2v) is 12.3. The summed E-state index contributed by atoms with van der Waals surface area (Å²) in [5, 5.41) is 4.70. The van der Waals surface area contributed by atoms with Gasteiger partial charge in [0.1, 0.15) is 16.5 Å². The summed E-state index contributed by atoms with van der Waals surface area (Å²) in [6.45, 7) is 7.87. The maximum Gasteiger partial charge on any atom is 0.324 e. The first-order valence-electron chi connectivity index (χ1n) is 11.9. The van der Waals surface area contributed by atoms with Crippen LogP contribution in [0.4, 0.5) is 6.01 Å². The Morgan fingerprint density at radius 3 is 2.50 bits per heavy atom. The zero-order valence-electron chi connectivity index (χ0n) is 20.6. The van der Waals surface area contributed by atoms with E-state index in [4.69, 9.17) is 14.2 Å². The van der Waals surface area contributed by atoms with Crippen LogP contribution in [0.2, 0.25) is 0 Å². The van der Waals surface area contributed by atoms with Gasteiger partial charge in [-0.3, -0.25) is 0 Å². The molecule has 1 fully saturated rings. The molecule has 1 saturated heterocycles. The Hall–Kier alpha value is -3.12. The van der Waals surface area contributed by atoms with Crippen molar-refractivity contribution in [3.63, 3.8) is 0 Å². The van der Waals surface area contributed by atoms with Crippen LogP contribution in [0.3, 0.4) is 0 Å². The number of anilines is 1. The average Bonchev–Trinajstić information content (AvgIpc) is 3.50. The number of thiazole rings is 1. The van der Waals surface area contributed by atoms with Crippen molar-refractivity contribution in [2.75, 3.05) is 24.2 Å². The van der Waals surface area contributed by atoms with E-state index in [2.05, 4.69) is 31.9 Å². The van der Waals surface area contributed by atoms with Crippen LogP contribution in [0, 0.1) is 5.92 Å². The van der Waals surface area contributed by atoms with Crippen LogP contribution in [0.5, 0.6) is 5.19 Å². The van der Waals surface area contributed by atoms with Gasteiger partial charge in [0.25, 0.3) is 5.19 Å². The van der Waals surface area contributed by atoms with Crippen molar-refractivity contribution in [2.45, 2.75) is 50.7 Å². The van der Waals surface area contributed by atoms with Gasteiger partial charge >= 0.3 is 6.01 Å². The number of ether oxygens (including phenoxy) is 1. The lowest BCUT2D eigenvalue weighted by atomic mass is 9.92. The third kappa shape index (κ3) is 5.19. The highest BCUT2D eigenvalue weighted by Gasteiger charge is 2.28. The molecule has 0 spiro atoms. The molecule has 1 unspecified atom stereocenters. The molecule has 0 amide bonds. The number of hydrogen-bond acceptors (Lipinski definition) is 11. The van der Waals surface area contributed by atoms with Gasteiger partial charge < -0.3 is 14.2 Å². The minimum absolute atomic E-state index is 0.00818. The maximum absolute atomic E-state index is 11.7. The number of fused-ring (bicyclic) bond motifs is 1. The topological polar surface area (TPSA) is 124 Å². The monoisotopic (exact) mass is 528 g/mol. The van der Waals surface area contributed by atoms with Crippen LogP contribution in [-0.4, -0.2) is 59.0 Å². The molecule has 0 N–H and O–H groups in total.